The second-order valence-electron chi connectivity index (χ2n) is 3.93. The molecule has 2 aromatic rings. The van der Waals surface area contributed by atoms with Crippen molar-refractivity contribution in [1.82, 2.24) is 20.2 Å². The molecule has 0 aliphatic rings. The summed E-state index contributed by atoms with van der Waals surface area (Å²) in [5.41, 5.74) is 8.14. The fraction of sp³-hybridized carbons (Fsp3) is 0.417. The van der Waals surface area contributed by atoms with Crippen molar-refractivity contribution >= 4 is 11.8 Å². The second-order valence-corrected chi connectivity index (χ2v) is 4.87. The maximum absolute atomic E-state index is 5.50. The maximum atomic E-state index is 5.50. The lowest BCUT2D eigenvalue weighted by molar-refractivity contribution is 0.557. The van der Waals surface area contributed by atoms with Crippen LogP contribution in [0.5, 0.6) is 0 Å². The Balaban J connectivity index is 1.95. The smallest absolute Gasteiger partial charge is 0.209 e. The van der Waals surface area contributed by atoms with Gasteiger partial charge in [-0.3, -0.25) is 0 Å². The molecule has 1 aromatic heterocycles. The SMILES string of the molecule is CCc1ccc(CSc2nnnn2CCN)cc1. The third kappa shape index (κ3) is 3.30. The van der Waals surface area contributed by atoms with E-state index in [0.29, 0.717) is 13.1 Å². The number of nitrogens with two attached hydrogens (primary N) is 1. The Bertz CT molecular complexity index is 479. The van der Waals surface area contributed by atoms with E-state index in [0.717, 1.165) is 17.3 Å². The summed E-state index contributed by atoms with van der Waals surface area (Å²) in [5.74, 6) is 0.870. The molecule has 0 saturated heterocycles. The Kier molecular flexibility index (Phi) is 4.72. The van der Waals surface area contributed by atoms with Gasteiger partial charge in [0.25, 0.3) is 0 Å². The van der Waals surface area contributed by atoms with Crippen LogP contribution in [0.3, 0.4) is 0 Å². The molecule has 0 amide bonds. The van der Waals surface area contributed by atoms with Crippen LogP contribution in [0, 0.1) is 0 Å². The summed E-state index contributed by atoms with van der Waals surface area (Å²) in [7, 11) is 0. The number of rotatable bonds is 6. The van der Waals surface area contributed by atoms with Gasteiger partial charge in [-0.2, -0.15) is 0 Å². The molecule has 0 fully saturated rings. The highest BCUT2D eigenvalue weighted by molar-refractivity contribution is 7.98. The van der Waals surface area contributed by atoms with Crippen molar-refractivity contribution in [2.24, 2.45) is 5.73 Å². The minimum absolute atomic E-state index is 0.545. The molecule has 0 bridgehead atoms. The van der Waals surface area contributed by atoms with Gasteiger partial charge in [-0.05, 0) is 28.0 Å². The van der Waals surface area contributed by atoms with Crippen molar-refractivity contribution in [3.63, 3.8) is 0 Å². The number of hydrogen-bond acceptors (Lipinski definition) is 5. The third-order valence-corrected chi connectivity index (χ3v) is 3.67. The van der Waals surface area contributed by atoms with Crippen LogP contribution in [0.15, 0.2) is 29.4 Å². The van der Waals surface area contributed by atoms with Gasteiger partial charge in [0.1, 0.15) is 0 Å². The van der Waals surface area contributed by atoms with Crippen molar-refractivity contribution in [2.75, 3.05) is 6.54 Å². The summed E-state index contributed by atoms with van der Waals surface area (Å²) in [6.07, 6.45) is 1.07. The van der Waals surface area contributed by atoms with Gasteiger partial charge in [0.05, 0.1) is 6.54 Å². The van der Waals surface area contributed by atoms with E-state index in [2.05, 4.69) is 46.7 Å². The second kappa shape index (κ2) is 6.51. The Morgan fingerprint density at radius 1 is 1.22 bits per heavy atom. The fourth-order valence-electron chi connectivity index (χ4n) is 1.58. The molecular formula is C12H17N5S. The Morgan fingerprint density at radius 3 is 2.61 bits per heavy atom. The van der Waals surface area contributed by atoms with Crippen LogP contribution >= 0.6 is 11.8 Å². The highest BCUT2D eigenvalue weighted by Crippen LogP contribution is 2.20. The molecule has 18 heavy (non-hydrogen) atoms. The summed E-state index contributed by atoms with van der Waals surface area (Å²) in [6.45, 7) is 3.36. The molecule has 1 heterocycles. The predicted octanol–water partition coefficient (Wildman–Crippen LogP) is 1.49. The number of nitrogens with zero attached hydrogens (tertiary/aromatic N) is 4. The van der Waals surface area contributed by atoms with Crippen LogP contribution in [0.2, 0.25) is 0 Å². The largest absolute Gasteiger partial charge is 0.329 e. The molecule has 96 valence electrons. The van der Waals surface area contributed by atoms with E-state index in [1.165, 1.54) is 11.1 Å². The quantitative estimate of drug-likeness (QED) is 0.800. The first-order valence-electron chi connectivity index (χ1n) is 6.00. The van der Waals surface area contributed by atoms with E-state index in [4.69, 9.17) is 5.73 Å². The summed E-state index contributed by atoms with van der Waals surface area (Å²) in [5, 5.41) is 12.4. The van der Waals surface area contributed by atoms with E-state index in [1.54, 1.807) is 16.4 Å². The van der Waals surface area contributed by atoms with E-state index in [1.807, 2.05) is 0 Å². The predicted molar refractivity (Wildman–Crippen MR) is 72.3 cm³/mol. The lowest BCUT2D eigenvalue weighted by Gasteiger charge is -2.03. The number of tetrazole rings is 1. The molecule has 0 spiro atoms. The van der Waals surface area contributed by atoms with E-state index >= 15 is 0 Å². The van der Waals surface area contributed by atoms with Crippen molar-refractivity contribution in [2.45, 2.75) is 30.8 Å². The van der Waals surface area contributed by atoms with Gasteiger partial charge >= 0.3 is 0 Å². The number of thioether (sulfide) groups is 1. The molecule has 2 N–H and O–H groups in total. The molecule has 0 unspecified atom stereocenters. The summed E-state index contributed by atoms with van der Waals surface area (Å²) in [4.78, 5) is 0. The van der Waals surface area contributed by atoms with Crippen molar-refractivity contribution in [1.29, 1.82) is 0 Å². The molecule has 0 radical (unpaired) electrons. The minimum atomic E-state index is 0.545. The molecular weight excluding hydrogens is 246 g/mol. The molecule has 0 aliphatic carbocycles. The number of benzene rings is 1. The molecule has 5 nitrogen and oxygen atoms in total. The zero-order chi connectivity index (χ0) is 12.8. The number of hydrogen-bond donors (Lipinski definition) is 1. The first-order chi connectivity index (χ1) is 8.83. The molecule has 0 saturated carbocycles. The zero-order valence-electron chi connectivity index (χ0n) is 10.4. The number of aromatic nitrogens is 4. The lowest BCUT2D eigenvalue weighted by atomic mass is 10.1. The maximum Gasteiger partial charge on any atom is 0.209 e. The summed E-state index contributed by atoms with van der Waals surface area (Å²) < 4.78 is 1.74. The highest BCUT2D eigenvalue weighted by Gasteiger charge is 2.06. The van der Waals surface area contributed by atoms with Crippen LogP contribution in [0.4, 0.5) is 0 Å². The average Bonchev–Trinajstić information content (AvgIpc) is 2.85. The molecule has 6 heteroatoms. The van der Waals surface area contributed by atoms with Crippen LogP contribution in [-0.4, -0.2) is 26.8 Å². The van der Waals surface area contributed by atoms with Crippen LogP contribution in [-0.2, 0) is 18.7 Å². The topological polar surface area (TPSA) is 69.6 Å². The van der Waals surface area contributed by atoms with Gasteiger partial charge in [0, 0.05) is 12.3 Å². The third-order valence-electron chi connectivity index (χ3n) is 2.64. The first kappa shape index (κ1) is 13.0. The van der Waals surface area contributed by atoms with Gasteiger partial charge in [-0.25, -0.2) is 4.68 Å². The van der Waals surface area contributed by atoms with Gasteiger partial charge in [0.15, 0.2) is 0 Å². The van der Waals surface area contributed by atoms with E-state index in [9.17, 15) is 0 Å². The molecule has 0 aliphatic heterocycles. The van der Waals surface area contributed by atoms with E-state index < -0.39 is 0 Å². The zero-order valence-corrected chi connectivity index (χ0v) is 11.2. The minimum Gasteiger partial charge on any atom is -0.329 e. The molecule has 0 atom stereocenters. The Hall–Kier alpha value is -1.40. The lowest BCUT2D eigenvalue weighted by Crippen LogP contribution is -2.12. The summed E-state index contributed by atoms with van der Waals surface area (Å²) in [6, 6.07) is 8.64. The molecule has 2 rings (SSSR count). The highest BCUT2D eigenvalue weighted by atomic mass is 32.2. The van der Waals surface area contributed by atoms with Gasteiger partial charge in [-0.15, -0.1) is 5.10 Å². The molecule has 1 aromatic carbocycles. The van der Waals surface area contributed by atoms with E-state index in [-0.39, 0.29) is 0 Å². The van der Waals surface area contributed by atoms with Crippen molar-refractivity contribution in [3.8, 4) is 0 Å². The monoisotopic (exact) mass is 263 g/mol. The normalized spacial score (nSPS) is 10.8. The Morgan fingerprint density at radius 2 is 1.94 bits per heavy atom. The van der Waals surface area contributed by atoms with Gasteiger partial charge < -0.3 is 5.73 Å². The van der Waals surface area contributed by atoms with Crippen LogP contribution < -0.4 is 5.73 Å². The van der Waals surface area contributed by atoms with Crippen LogP contribution in [0.25, 0.3) is 0 Å². The van der Waals surface area contributed by atoms with Gasteiger partial charge in [0.2, 0.25) is 5.16 Å². The van der Waals surface area contributed by atoms with Crippen molar-refractivity contribution < 1.29 is 0 Å². The van der Waals surface area contributed by atoms with Crippen LogP contribution in [0.1, 0.15) is 18.1 Å². The van der Waals surface area contributed by atoms with Crippen molar-refractivity contribution in [3.05, 3.63) is 35.4 Å². The fourth-order valence-corrected chi connectivity index (χ4v) is 2.44. The number of aryl methyl sites for hydroxylation is 1. The summed E-state index contributed by atoms with van der Waals surface area (Å²) >= 11 is 1.63. The average molecular weight is 263 g/mol. The van der Waals surface area contributed by atoms with Gasteiger partial charge in [-0.1, -0.05) is 43.0 Å². The first-order valence-corrected chi connectivity index (χ1v) is 6.99. The standard InChI is InChI=1S/C12H17N5S/c1-2-10-3-5-11(6-4-10)9-18-12-14-15-16-17(12)8-7-13/h3-6H,2,7-9,13H2,1H3. The Labute approximate surface area is 111 Å².